The van der Waals surface area contributed by atoms with Crippen molar-refractivity contribution in [2.75, 3.05) is 31.4 Å². The summed E-state index contributed by atoms with van der Waals surface area (Å²) < 4.78 is 6.13. The summed E-state index contributed by atoms with van der Waals surface area (Å²) in [4.78, 5) is 22.8. The molecule has 3 rings (SSSR count). The van der Waals surface area contributed by atoms with Crippen LogP contribution in [0.3, 0.4) is 0 Å². The highest BCUT2D eigenvalue weighted by Crippen LogP contribution is 2.29. The van der Waals surface area contributed by atoms with Crippen LogP contribution in [0.25, 0.3) is 10.2 Å². The number of halogens is 1. The zero-order valence-corrected chi connectivity index (χ0v) is 14.9. The fourth-order valence-corrected chi connectivity index (χ4v) is 3.19. The molecule has 0 saturated carbocycles. The molecule has 0 saturated heterocycles. The number of carbonyl (C=O) groups is 1. The van der Waals surface area contributed by atoms with E-state index >= 15 is 0 Å². The van der Waals surface area contributed by atoms with Crippen molar-refractivity contribution in [3.8, 4) is 5.75 Å². The topological polar surface area (TPSA) is 67.3 Å². The van der Waals surface area contributed by atoms with Crippen LogP contribution in [-0.4, -0.2) is 37.1 Å². The smallest absolute Gasteiger partial charge is 0.257 e. The van der Waals surface area contributed by atoms with E-state index in [1.807, 2.05) is 32.3 Å². The number of anilines is 2. The van der Waals surface area contributed by atoms with Crippen molar-refractivity contribution in [3.63, 3.8) is 0 Å². The Kier molecular flexibility index (Phi) is 4.55. The van der Waals surface area contributed by atoms with Gasteiger partial charge < -0.3 is 9.64 Å². The normalized spacial score (nSPS) is 10.7. The molecule has 0 spiro atoms. The number of hydrogen-bond acceptors (Lipinski definition) is 6. The van der Waals surface area contributed by atoms with Gasteiger partial charge in [-0.3, -0.25) is 10.1 Å². The van der Waals surface area contributed by atoms with E-state index in [0.717, 1.165) is 16.0 Å². The molecule has 0 atom stereocenters. The largest absolute Gasteiger partial charge is 0.497 e. The minimum atomic E-state index is -0.284. The van der Waals surface area contributed by atoms with Crippen LogP contribution in [0.15, 0.2) is 30.3 Å². The highest BCUT2D eigenvalue weighted by atomic mass is 35.5. The molecule has 0 aliphatic carbocycles. The number of aromatic nitrogens is 2. The minimum Gasteiger partial charge on any atom is -0.497 e. The summed E-state index contributed by atoms with van der Waals surface area (Å²) in [7, 11) is 5.28. The van der Waals surface area contributed by atoms with Gasteiger partial charge in [-0.25, -0.2) is 9.97 Å². The van der Waals surface area contributed by atoms with Crippen molar-refractivity contribution in [1.82, 2.24) is 9.97 Å². The van der Waals surface area contributed by atoms with Gasteiger partial charge in [0.05, 0.1) is 17.3 Å². The first-order valence-corrected chi connectivity index (χ1v) is 8.26. The van der Waals surface area contributed by atoms with E-state index in [9.17, 15) is 4.79 Å². The van der Waals surface area contributed by atoms with E-state index in [1.165, 1.54) is 17.4 Å². The van der Waals surface area contributed by atoms with Crippen molar-refractivity contribution in [2.45, 2.75) is 0 Å². The average Bonchev–Trinajstić information content (AvgIpc) is 2.95. The van der Waals surface area contributed by atoms with Gasteiger partial charge in [0.15, 0.2) is 5.13 Å². The number of carbonyl (C=O) groups excluding carboxylic acids is 1. The minimum absolute atomic E-state index is 0.264. The number of hydrogen-bond donors (Lipinski definition) is 1. The number of methoxy groups -OCH3 is 1. The van der Waals surface area contributed by atoms with Crippen LogP contribution in [-0.2, 0) is 0 Å². The summed E-state index contributed by atoms with van der Waals surface area (Å²) in [6, 6.07) is 8.78. The third kappa shape index (κ3) is 3.42. The van der Waals surface area contributed by atoms with Crippen molar-refractivity contribution >= 4 is 50.0 Å². The van der Waals surface area contributed by atoms with Gasteiger partial charge in [0, 0.05) is 19.7 Å². The van der Waals surface area contributed by atoms with Crippen molar-refractivity contribution < 1.29 is 9.53 Å². The fraction of sp³-hybridized carbons (Fsp3) is 0.188. The molecule has 6 nitrogen and oxygen atoms in total. The second kappa shape index (κ2) is 6.62. The standard InChI is InChI=1S/C16H15ClN4O2S/c1-21(2)14-7-9(6-13(17)19-14)15(22)20-16-18-11-5-4-10(23-3)8-12(11)24-16/h4-8H,1-3H3,(H,18,20,22). The molecule has 124 valence electrons. The van der Waals surface area contributed by atoms with Gasteiger partial charge in [-0.2, -0.15) is 0 Å². The molecule has 0 aliphatic heterocycles. The molecular formula is C16H15ClN4O2S. The Labute approximate surface area is 148 Å². The quantitative estimate of drug-likeness (QED) is 0.717. The highest BCUT2D eigenvalue weighted by Gasteiger charge is 2.13. The molecule has 0 aliphatic rings. The maximum atomic E-state index is 12.5. The first-order chi connectivity index (χ1) is 11.5. The Morgan fingerprint density at radius 1 is 1.25 bits per heavy atom. The third-order valence-electron chi connectivity index (χ3n) is 3.32. The molecule has 2 heterocycles. The third-order valence-corrected chi connectivity index (χ3v) is 4.44. The van der Waals surface area contributed by atoms with Gasteiger partial charge in [-0.05, 0) is 30.3 Å². The Balaban J connectivity index is 1.87. The molecule has 8 heteroatoms. The number of ether oxygens (including phenoxy) is 1. The lowest BCUT2D eigenvalue weighted by molar-refractivity contribution is 0.102. The first kappa shape index (κ1) is 16.5. The van der Waals surface area contributed by atoms with Crippen LogP contribution in [0.4, 0.5) is 10.9 Å². The molecule has 0 fully saturated rings. The van der Waals surface area contributed by atoms with E-state index in [4.69, 9.17) is 16.3 Å². The predicted molar refractivity (Wildman–Crippen MR) is 97.7 cm³/mol. The van der Waals surface area contributed by atoms with Gasteiger partial charge >= 0.3 is 0 Å². The summed E-state index contributed by atoms with van der Waals surface area (Å²) in [5.74, 6) is 1.08. The van der Waals surface area contributed by atoms with Gasteiger partial charge in [0.2, 0.25) is 0 Å². The van der Waals surface area contributed by atoms with Crippen LogP contribution in [0.1, 0.15) is 10.4 Å². The molecule has 3 aromatic rings. The zero-order valence-electron chi connectivity index (χ0n) is 13.3. The Hall–Kier alpha value is -2.38. The molecule has 1 aromatic carbocycles. The summed E-state index contributed by atoms with van der Waals surface area (Å²) in [6.45, 7) is 0. The summed E-state index contributed by atoms with van der Waals surface area (Å²) in [5, 5.41) is 3.58. The molecule has 0 unspecified atom stereocenters. The second-order valence-corrected chi connectivity index (χ2v) is 6.66. The average molecular weight is 363 g/mol. The molecule has 0 radical (unpaired) electrons. The number of benzene rings is 1. The monoisotopic (exact) mass is 362 g/mol. The van der Waals surface area contributed by atoms with Crippen LogP contribution >= 0.6 is 22.9 Å². The van der Waals surface area contributed by atoms with Crippen molar-refractivity contribution in [2.24, 2.45) is 0 Å². The number of pyridine rings is 1. The summed E-state index contributed by atoms with van der Waals surface area (Å²) in [6.07, 6.45) is 0. The second-order valence-electron chi connectivity index (χ2n) is 5.24. The van der Waals surface area contributed by atoms with E-state index < -0.39 is 0 Å². The zero-order chi connectivity index (χ0) is 17.3. The summed E-state index contributed by atoms with van der Waals surface area (Å²) >= 11 is 7.38. The number of fused-ring (bicyclic) bond motifs is 1. The molecule has 2 aromatic heterocycles. The highest BCUT2D eigenvalue weighted by molar-refractivity contribution is 7.22. The van der Waals surface area contributed by atoms with Crippen LogP contribution in [0.2, 0.25) is 5.15 Å². The number of thiazole rings is 1. The fourth-order valence-electron chi connectivity index (χ4n) is 2.10. The molecule has 0 bridgehead atoms. The Morgan fingerprint density at radius 3 is 2.75 bits per heavy atom. The molecule has 1 amide bonds. The maximum Gasteiger partial charge on any atom is 0.257 e. The van der Waals surface area contributed by atoms with Gasteiger partial charge in [0.25, 0.3) is 5.91 Å². The molecule has 24 heavy (non-hydrogen) atoms. The first-order valence-electron chi connectivity index (χ1n) is 7.07. The Bertz CT molecular complexity index is 910. The lowest BCUT2D eigenvalue weighted by atomic mass is 10.2. The Morgan fingerprint density at radius 2 is 2.04 bits per heavy atom. The number of nitrogens with zero attached hydrogens (tertiary/aromatic N) is 3. The molecule has 1 N–H and O–H groups in total. The predicted octanol–water partition coefficient (Wildman–Crippen LogP) is 3.67. The van der Waals surface area contributed by atoms with Crippen LogP contribution in [0.5, 0.6) is 5.75 Å². The van der Waals surface area contributed by atoms with Crippen molar-refractivity contribution in [3.05, 3.63) is 41.0 Å². The maximum absolute atomic E-state index is 12.5. The van der Waals surface area contributed by atoms with E-state index in [1.54, 1.807) is 18.1 Å². The van der Waals surface area contributed by atoms with E-state index in [-0.39, 0.29) is 11.1 Å². The van der Waals surface area contributed by atoms with Gasteiger partial charge in [0.1, 0.15) is 16.7 Å². The van der Waals surface area contributed by atoms with Crippen LogP contribution in [0, 0.1) is 0 Å². The number of rotatable bonds is 4. The van der Waals surface area contributed by atoms with E-state index in [2.05, 4.69) is 15.3 Å². The summed E-state index contributed by atoms with van der Waals surface area (Å²) in [5.41, 5.74) is 1.23. The molecular weight excluding hydrogens is 348 g/mol. The van der Waals surface area contributed by atoms with Crippen molar-refractivity contribution in [1.29, 1.82) is 0 Å². The number of nitrogens with one attached hydrogen (secondary N) is 1. The SMILES string of the molecule is COc1ccc2nc(NC(=O)c3cc(Cl)nc(N(C)C)c3)sc2c1. The van der Waals surface area contributed by atoms with Gasteiger partial charge in [-0.15, -0.1) is 0 Å². The lowest BCUT2D eigenvalue weighted by Gasteiger charge is -2.12. The number of amides is 1. The van der Waals surface area contributed by atoms with E-state index in [0.29, 0.717) is 16.5 Å². The van der Waals surface area contributed by atoms with Gasteiger partial charge in [-0.1, -0.05) is 22.9 Å². The van der Waals surface area contributed by atoms with Crippen LogP contribution < -0.4 is 15.0 Å². The lowest BCUT2D eigenvalue weighted by Crippen LogP contribution is -2.15.